The van der Waals surface area contributed by atoms with Crippen LogP contribution in [0.3, 0.4) is 0 Å². The molecule has 262 valence electrons. The molecule has 0 unspecified atom stereocenters. The van der Waals surface area contributed by atoms with Crippen molar-refractivity contribution in [1.29, 1.82) is 0 Å². The molecule has 2 fully saturated rings. The fourth-order valence-electron chi connectivity index (χ4n) is 6.12. The number of aryl methyl sites for hydroxylation is 1. The van der Waals surface area contributed by atoms with Crippen molar-refractivity contribution in [3.05, 3.63) is 47.0 Å². The van der Waals surface area contributed by atoms with Crippen LogP contribution in [-0.4, -0.2) is 136 Å². The summed E-state index contributed by atoms with van der Waals surface area (Å²) in [5.74, 6) is 0.886. The highest BCUT2D eigenvalue weighted by Gasteiger charge is 2.45. The van der Waals surface area contributed by atoms with Gasteiger partial charge in [-0.25, -0.2) is 0 Å². The number of aliphatic hydroxyl groups is 8. The Labute approximate surface area is 271 Å². The lowest BCUT2D eigenvalue weighted by molar-refractivity contribution is -0.293. The zero-order valence-corrected chi connectivity index (χ0v) is 26.3. The monoisotopic (exact) mass is 668 g/mol. The summed E-state index contributed by atoms with van der Waals surface area (Å²) in [6.07, 6.45) is -12.6. The molecule has 15 heteroatoms. The molecule has 5 rings (SSSR count). The lowest BCUT2D eigenvalue weighted by atomic mass is 9.90. The average Bonchev–Trinajstić information content (AvgIpc) is 3.46. The Kier molecular flexibility index (Phi) is 11.5. The summed E-state index contributed by atoms with van der Waals surface area (Å²) in [6.45, 7) is 0.943. The number of hydrogen-bond acceptors (Lipinski definition) is 15. The van der Waals surface area contributed by atoms with Gasteiger partial charge in [-0.2, -0.15) is 0 Å². The van der Waals surface area contributed by atoms with Crippen LogP contribution in [0, 0.1) is 0 Å². The topological polar surface area (TPSA) is 226 Å². The van der Waals surface area contributed by atoms with E-state index in [0.29, 0.717) is 29.9 Å². The minimum absolute atomic E-state index is 0.157. The normalized spacial score (nSPS) is 35.2. The van der Waals surface area contributed by atoms with E-state index in [2.05, 4.69) is 0 Å². The summed E-state index contributed by atoms with van der Waals surface area (Å²) < 4.78 is 39.9. The number of aliphatic hydroxyl groups excluding tert-OH is 8. The van der Waals surface area contributed by atoms with E-state index >= 15 is 0 Å². The molecule has 3 aliphatic rings. The standard InChI is InChI=1S/C32H44O15/c1-14-23(35)25(37)27(39)31(44-14)43-8-4-5-15-9-17-18(12-33)29(47-30(17)21(10-15)42-3)16-6-7-19(20(11-16)41-2)45-32-28(40)26(38)24(36)22(13-34)46-32/h6-7,9-11,14,18,22-29,31-40H,4-5,8,12-13H2,1-3H3/t14-,18-,22+,23-,24+,25+,26-,27+,28+,29+,31+,32+/m0/s1. The molecule has 0 spiro atoms. The summed E-state index contributed by atoms with van der Waals surface area (Å²) in [5.41, 5.74) is 2.27. The van der Waals surface area contributed by atoms with Crippen LogP contribution >= 0.6 is 0 Å². The van der Waals surface area contributed by atoms with Gasteiger partial charge >= 0.3 is 0 Å². The van der Waals surface area contributed by atoms with Gasteiger partial charge in [0.25, 0.3) is 0 Å². The Hall–Kier alpha value is -2.80. The van der Waals surface area contributed by atoms with E-state index < -0.39 is 80.0 Å². The van der Waals surface area contributed by atoms with Crippen molar-refractivity contribution in [2.24, 2.45) is 0 Å². The maximum atomic E-state index is 10.5. The summed E-state index contributed by atoms with van der Waals surface area (Å²) in [5, 5.41) is 80.6. The van der Waals surface area contributed by atoms with Crippen molar-refractivity contribution in [2.75, 3.05) is 34.0 Å². The predicted octanol–water partition coefficient (Wildman–Crippen LogP) is -1.13. The van der Waals surface area contributed by atoms with Crippen LogP contribution in [0.4, 0.5) is 0 Å². The molecule has 0 aromatic heterocycles. The van der Waals surface area contributed by atoms with Gasteiger partial charge in [-0.1, -0.05) is 12.1 Å². The van der Waals surface area contributed by atoms with Crippen LogP contribution in [-0.2, 0) is 20.6 Å². The summed E-state index contributed by atoms with van der Waals surface area (Å²) in [6, 6.07) is 8.68. The number of benzene rings is 2. The van der Waals surface area contributed by atoms with E-state index in [-0.39, 0.29) is 24.7 Å². The first-order valence-corrected chi connectivity index (χ1v) is 15.5. The molecule has 3 aliphatic heterocycles. The molecule has 0 radical (unpaired) electrons. The molecule has 0 bridgehead atoms. The van der Waals surface area contributed by atoms with Gasteiger partial charge in [-0.05, 0) is 49.1 Å². The molecule has 0 amide bonds. The van der Waals surface area contributed by atoms with Gasteiger partial charge in [-0.15, -0.1) is 0 Å². The lowest BCUT2D eigenvalue weighted by Crippen LogP contribution is -2.60. The molecule has 3 heterocycles. The Morgan fingerprint density at radius 1 is 0.723 bits per heavy atom. The maximum absolute atomic E-state index is 10.5. The second-order valence-electron chi connectivity index (χ2n) is 11.9. The molecule has 0 saturated carbocycles. The number of rotatable bonds is 12. The molecule has 2 aromatic rings. The van der Waals surface area contributed by atoms with Crippen LogP contribution in [0.5, 0.6) is 23.0 Å². The lowest BCUT2D eigenvalue weighted by Gasteiger charge is -2.39. The SMILES string of the molecule is COc1cc([C@H]2Oc3c(OC)cc(CCCO[C@@H]4O[C@@H](C)[C@H](O)[C@@H](O)[C@H]4O)cc3[C@@H]2CO)ccc1O[C@@H]1O[C@H](CO)[C@@H](O)[C@H](O)[C@H]1O. The summed E-state index contributed by atoms with van der Waals surface area (Å²) in [4.78, 5) is 0. The highest BCUT2D eigenvalue weighted by Crippen LogP contribution is 2.51. The van der Waals surface area contributed by atoms with Crippen molar-refractivity contribution < 1.29 is 74.0 Å². The zero-order valence-electron chi connectivity index (χ0n) is 26.3. The second-order valence-corrected chi connectivity index (χ2v) is 11.9. The second kappa shape index (κ2) is 15.2. The Morgan fingerprint density at radius 2 is 1.43 bits per heavy atom. The van der Waals surface area contributed by atoms with Crippen LogP contribution < -0.4 is 18.9 Å². The van der Waals surface area contributed by atoms with Gasteiger partial charge in [0.05, 0.1) is 46.1 Å². The van der Waals surface area contributed by atoms with Crippen LogP contribution in [0.2, 0.25) is 0 Å². The molecule has 2 saturated heterocycles. The number of fused-ring (bicyclic) bond motifs is 1. The summed E-state index contributed by atoms with van der Waals surface area (Å²) in [7, 11) is 2.93. The van der Waals surface area contributed by atoms with E-state index in [4.69, 9.17) is 33.2 Å². The smallest absolute Gasteiger partial charge is 0.229 e. The summed E-state index contributed by atoms with van der Waals surface area (Å²) >= 11 is 0. The van der Waals surface area contributed by atoms with Gasteiger partial charge in [0.2, 0.25) is 6.29 Å². The van der Waals surface area contributed by atoms with Crippen LogP contribution in [0.25, 0.3) is 0 Å². The van der Waals surface area contributed by atoms with Gasteiger partial charge < -0.3 is 74.0 Å². The van der Waals surface area contributed by atoms with Crippen molar-refractivity contribution >= 4 is 0 Å². The van der Waals surface area contributed by atoms with Crippen molar-refractivity contribution in [2.45, 2.75) is 93.2 Å². The quantitative estimate of drug-likeness (QED) is 0.125. The first kappa shape index (κ1) is 35.5. The minimum atomic E-state index is -1.61. The first-order valence-electron chi connectivity index (χ1n) is 15.5. The molecule has 0 aliphatic carbocycles. The third-order valence-corrected chi connectivity index (χ3v) is 8.88. The van der Waals surface area contributed by atoms with Crippen LogP contribution in [0.15, 0.2) is 30.3 Å². The van der Waals surface area contributed by atoms with E-state index in [0.717, 1.165) is 11.1 Å². The van der Waals surface area contributed by atoms with E-state index in [1.807, 2.05) is 12.1 Å². The van der Waals surface area contributed by atoms with E-state index in [9.17, 15) is 40.9 Å². The molecule has 47 heavy (non-hydrogen) atoms. The molecule has 15 nitrogen and oxygen atoms in total. The predicted molar refractivity (Wildman–Crippen MR) is 160 cm³/mol. The molecule has 8 N–H and O–H groups in total. The fraction of sp³-hybridized carbons (Fsp3) is 0.625. The van der Waals surface area contributed by atoms with Gasteiger partial charge in [0.15, 0.2) is 29.3 Å². The van der Waals surface area contributed by atoms with Crippen molar-refractivity contribution in [3.8, 4) is 23.0 Å². The third kappa shape index (κ3) is 7.16. The van der Waals surface area contributed by atoms with Gasteiger partial charge in [-0.3, -0.25) is 0 Å². The minimum Gasteiger partial charge on any atom is -0.493 e. The first-order chi connectivity index (χ1) is 22.5. The number of methoxy groups -OCH3 is 2. The average molecular weight is 669 g/mol. The van der Waals surface area contributed by atoms with Crippen molar-refractivity contribution in [3.63, 3.8) is 0 Å². The number of hydrogen-bond donors (Lipinski definition) is 8. The third-order valence-electron chi connectivity index (χ3n) is 8.88. The molecular weight excluding hydrogens is 624 g/mol. The zero-order chi connectivity index (χ0) is 34.0. The highest BCUT2D eigenvalue weighted by molar-refractivity contribution is 5.56. The Morgan fingerprint density at radius 3 is 2.11 bits per heavy atom. The maximum Gasteiger partial charge on any atom is 0.229 e. The molecular formula is C32H44O15. The molecule has 2 aromatic carbocycles. The van der Waals surface area contributed by atoms with E-state index in [1.165, 1.54) is 14.2 Å². The largest absolute Gasteiger partial charge is 0.493 e. The highest BCUT2D eigenvalue weighted by atomic mass is 16.7. The molecule has 12 atom stereocenters. The fourth-order valence-corrected chi connectivity index (χ4v) is 6.12. The number of ether oxygens (including phenoxy) is 7. The van der Waals surface area contributed by atoms with Crippen LogP contribution in [0.1, 0.15) is 42.1 Å². The van der Waals surface area contributed by atoms with E-state index in [1.54, 1.807) is 25.1 Å². The van der Waals surface area contributed by atoms with Gasteiger partial charge in [0.1, 0.15) is 48.8 Å². The van der Waals surface area contributed by atoms with Crippen molar-refractivity contribution in [1.82, 2.24) is 0 Å². The Balaban J connectivity index is 1.28. The Bertz CT molecular complexity index is 1340. The van der Waals surface area contributed by atoms with Gasteiger partial charge in [0, 0.05) is 5.56 Å².